The number of anilines is 1. The summed E-state index contributed by atoms with van der Waals surface area (Å²) >= 11 is 1.46. The van der Waals surface area contributed by atoms with E-state index < -0.39 is 0 Å². The molecule has 1 amide bonds. The van der Waals surface area contributed by atoms with Crippen molar-refractivity contribution in [2.45, 2.75) is 17.9 Å². The van der Waals surface area contributed by atoms with E-state index in [1.54, 1.807) is 6.26 Å². The topological polar surface area (TPSA) is 80.0 Å². The first-order chi connectivity index (χ1) is 11.6. The Morgan fingerprint density at radius 1 is 1.29 bits per heavy atom. The molecule has 24 heavy (non-hydrogen) atoms. The van der Waals surface area contributed by atoms with E-state index in [1.807, 2.05) is 49.4 Å². The molecule has 1 atom stereocenters. The first-order valence-electron chi connectivity index (χ1n) is 7.46. The molecule has 6 nitrogen and oxygen atoms in total. The predicted molar refractivity (Wildman–Crippen MR) is 94.5 cm³/mol. The highest BCUT2D eigenvalue weighted by Gasteiger charge is 2.16. The molecule has 7 heteroatoms. The molecule has 3 aromatic rings. The lowest BCUT2D eigenvalue weighted by atomic mass is 10.3. The molecular formula is C17H17N3O3S. The van der Waals surface area contributed by atoms with Crippen molar-refractivity contribution in [2.24, 2.45) is 0 Å². The number of aromatic nitrogens is 2. The largest absolute Gasteiger partial charge is 0.468 e. The van der Waals surface area contributed by atoms with Crippen molar-refractivity contribution >= 4 is 23.5 Å². The lowest BCUT2D eigenvalue weighted by Gasteiger charge is -2.10. The van der Waals surface area contributed by atoms with Gasteiger partial charge in [-0.25, -0.2) is 4.68 Å². The molecule has 0 aliphatic heterocycles. The number of hydrogen-bond acceptors (Lipinski definition) is 4. The van der Waals surface area contributed by atoms with Gasteiger partial charge < -0.3 is 9.73 Å². The van der Waals surface area contributed by atoms with Gasteiger partial charge in [-0.2, -0.15) is 0 Å². The Morgan fingerprint density at radius 3 is 2.79 bits per heavy atom. The molecule has 2 N–H and O–H groups in total. The van der Waals surface area contributed by atoms with Crippen LogP contribution in [-0.4, -0.2) is 20.9 Å². The minimum absolute atomic E-state index is 0.173. The van der Waals surface area contributed by atoms with E-state index in [-0.39, 0.29) is 16.7 Å². The molecule has 0 bridgehead atoms. The molecule has 2 heterocycles. The standard InChI is InChI=1S/C17H17N3O3S/c1-12(24-11-14-8-5-9-23-14)17(22)18-15-10-16(21)20(19-15)13-6-3-2-4-7-13/h2-10,12,19H,11H2,1H3,(H,18,22). The van der Waals surface area contributed by atoms with E-state index in [0.29, 0.717) is 17.3 Å². The van der Waals surface area contributed by atoms with E-state index in [4.69, 9.17) is 4.42 Å². The fourth-order valence-electron chi connectivity index (χ4n) is 2.14. The highest BCUT2D eigenvalue weighted by Crippen LogP contribution is 2.19. The van der Waals surface area contributed by atoms with Crippen LogP contribution in [0.25, 0.3) is 5.69 Å². The average Bonchev–Trinajstić information content (AvgIpc) is 3.23. The maximum Gasteiger partial charge on any atom is 0.273 e. The van der Waals surface area contributed by atoms with Gasteiger partial charge in [0.2, 0.25) is 5.91 Å². The minimum atomic E-state index is -0.279. The van der Waals surface area contributed by atoms with Crippen molar-refractivity contribution in [1.29, 1.82) is 0 Å². The third kappa shape index (κ3) is 3.80. The molecule has 0 spiro atoms. The summed E-state index contributed by atoms with van der Waals surface area (Å²) in [5.41, 5.74) is 0.482. The second-order valence-corrected chi connectivity index (χ2v) is 6.53. The lowest BCUT2D eigenvalue weighted by Crippen LogP contribution is -2.22. The lowest BCUT2D eigenvalue weighted by molar-refractivity contribution is -0.115. The van der Waals surface area contributed by atoms with Gasteiger partial charge in [-0.3, -0.25) is 14.7 Å². The van der Waals surface area contributed by atoms with Crippen molar-refractivity contribution < 1.29 is 9.21 Å². The number of rotatable bonds is 6. The summed E-state index contributed by atoms with van der Waals surface area (Å²) in [4.78, 5) is 24.3. The fourth-order valence-corrected chi connectivity index (χ4v) is 2.93. The third-order valence-corrected chi connectivity index (χ3v) is 4.58. The number of para-hydroxylation sites is 1. The van der Waals surface area contributed by atoms with Gasteiger partial charge in [-0.15, -0.1) is 11.8 Å². The molecule has 0 aliphatic rings. The quantitative estimate of drug-likeness (QED) is 0.721. The number of amides is 1. The van der Waals surface area contributed by atoms with Crippen LogP contribution < -0.4 is 10.9 Å². The van der Waals surface area contributed by atoms with Crippen LogP contribution in [0.5, 0.6) is 0 Å². The van der Waals surface area contributed by atoms with Crippen LogP contribution in [0.2, 0.25) is 0 Å². The van der Waals surface area contributed by atoms with Crippen LogP contribution >= 0.6 is 11.8 Å². The van der Waals surface area contributed by atoms with Crippen molar-refractivity contribution in [3.63, 3.8) is 0 Å². The maximum absolute atomic E-state index is 12.2. The number of benzene rings is 1. The number of nitrogens with one attached hydrogen (secondary N) is 2. The second kappa shape index (κ2) is 7.27. The highest BCUT2D eigenvalue weighted by atomic mass is 32.2. The Labute approximate surface area is 142 Å². The van der Waals surface area contributed by atoms with Gasteiger partial charge in [0.1, 0.15) is 11.6 Å². The van der Waals surface area contributed by atoms with E-state index in [1.165, 1.54) is 22.5 Å². The van der Waals surface area contributed by atoms with Crippen molar-refractivity contribution in [3.8, 4) is 5.69 Å². The predicted octanol–water partition coefficient (Wildman–Crippen LogP) is 3.02. The van der Waals surface area contributed by atoms with E-state index in [2.05, 4.69) is 10.4 Å². The van der Waals surface area contributed by atoms with Gasteiger partial charge in [0.15, 0.2) is 0 Å². The van der Waals surface area contributed by atoms with Crippen molar-refractivity contribution in [3.05, 3.63) is 70.9 Å². The SMILES string of the molecule is CC(SCc1ccco1)C(=O)Nc1cc(=O)n(-c2ccccc2)[nH]1. The zero-order valence-corrected chi connectivity index (χ0v) is 13.9. The highest BCUT2D eigenvalue weighted by molar-refractivity contribution is 7.99. The number of thioether (sulfide) groups is 1. The molecule has 1 unspecified atom stereocenters. The number of carbonyl (C=O) groups excluding carboxylic acids is 1. The molecule has 0 saturated heterocycles. The molecule has 0 saturated carbocycles. The number of nitrogens with zero attached hydrogens (tertiary/aromatic N) is 1. The number of furan rings is 1. The van der Waals surface area contributed by atoms with Crippen molar-refractivity contribution in [2.75, 3.05) is 5.32 Å². The zero-order chi connectivity index (χ0) is 16.9. The smallest absolute Gasteiger partial charge is 0.273 e. The van der Waals surface area contributed by atoms with Gasteiger partial charge in [0.05, 0.1) is 23.0 Å². The van der Waals surface area contributed by atoms with Gasteiger partial charge in [0, 0.05) is 6.07 Å². The Balaban J connectivity index is 1.63. The minimum Gasteiger partial charge on any atom is -0.468 e. The average molecular weight is 343 g/mol. The van der Waals surface area contributed by atoms with Crippen LogP contribution in [0.4, 0.5) is 5.82 Å². The summed E-state index contributed by atoms with van der Waals surface area (Å²) in [6, 6.07) is 14.2. The molecule has 2 aromatic heterocycles. The summed E-state index contributed by atoms with van der Waals surface area (Å²) < 4.78 is 6.63. The Hall–Kier alpha value is -2.67. The molecule has 1 aromatic carbocycles. The monoisotopic (exact) mass is 343 g/mol. The molecule has 3 rings (SSSR count). The van der Waals surface area contributed by atoms with Crippen LogP contribution in [0.1, 0.15) is 12.7 Å². The third-order valence-electron chi connectivity index (χ3n) is 3.42. The number of carbonyl (C=O) groups is 1. The normalized spacial score (nSPS) is 12.0. The van der Waals surface area contributed by atoms with Crippen molar-refractivity contribution in [1.82, 2.24) is 9.78 Å². The number of aromatic amines is 1. The Bertz CT molecular complexity index is 853. The summed E-state index contributed by atoms with van der Waals surface area (Å²) in [5, 5.41) is 5.35. The molecule has 0 radical (unpaired) electrons. The van der Waals surface area contributed by atoms with Gasteiger partial charge in [0.25, 0.3) is 5.56 Å². The van der Waals surface area contributed by atoms with Gasteiger partial charge in [-0.1, -0.05) is 18.2 Å². The van der Waals surface area contributed by atoms with Crippen LogP contribution in [0.3, 0.4) is 0 Å². The fraction of sp³-hybridized carbons (Fsp3) is 0.176. The van der Waals surface area contributed by atoms with Gasteiger partial charge in [-0.05, 0) is 31.2 Å². The number of H-pyrrole nitrogens is 1. The van der Waals surface area contributed by atoms with E-state index >= 15 is 0 Å². The van der Waals surface area contributed by atoms with E-state index in [0.717, 1.165) is 5.76 Å². The van der Waals surface area contributed by atoms with Crippen LogP contribution in [0.15, 0.2) is 64.0 Å². The Kier molecular flexibility index (Phi) is 4.90. The summed E-state index contributed by atoms with van der Waals surface area (Å²) in [5.74, 6) is 1.64. The summed E-state index contributed by atoms with van der Waals surface area (Å²) in [6.07, 6.45) is 1.61. The van der Waals surface area contributed by atoms with E-state index in [9.17, 15) is 9.59 Å². The van der Waals surface area contributed by atoms with Crippen LogP contribution in [-0.2, 0) is 10.5 Å². The summed E-state index contributed by atoms with van der Waals surface area (Å²) in [6.45, 7) is 1.81. The Morgan fingerprint density at radius 2 is 2.08 bits per heavy atom. The first kappa shape index (κ1) is 16.2. The molecular weight excluding hydrogens is 326 g/mol. The first-order valence-corrected chi connectivity index (χ1v) is 8.50. The zero-order valence-electron chi connectivity index (χ0n) is 13.1. The maximum atomic E-state index is 12.2. The molecule has 0 aliphatic carbocycles. The second-order valence-electron chi connectivity index (χ2n) is 5.20. The molecule has 0 fully saturated rings. The summed E-state index contributed by atoms with van der Waals surface area (Å²) in [7, 11) is 0. The molecule has 124 valence electrons. The van der Waals surface area contributed by atoms with Gasteiger partial charge >= 0.3 is 0 Å². The number of hydrogen-bond donors (Lipinski definition) is 2. The van der Waals surface area contributed by atoms with Crippen LogP contribution in [0, 0.1) is 0 Å².